The molecule has 0 unspecified atom stereocenters. The van der Waals surface area contributed by atoms with E-state index in [9.17, 15) is 0 Å². The monoisotopic (exact) mass is 239 g/mol. The third-order valence-electron chi connectivity index (χ3n) is 2.26. The van der Waals surface area contributed by atoms with Gasteiger partial charge in [0.2, 0.25) is 0 Å². The first-order chi connectivity index (χ1) is 8.72. The minimum atomic E-state index is 0.342. The van der Waals surface area contributed by atoms with Crippen molar-refractivity contribution in [2.45, 2.75) is 6.54 Å². The highest BCUT2D eigenvalue weighted by Gasteiger charge is 2.04. The number of rotatable bonds is 3. The van der Waals surface area contributed by atoms with Crippen LogP contribution in [0.25, 0.3) is 0 Å². The Bertz CT molecular complexity index is 644. The summed E-state index contributed by atoms with van der Waals surface area (Å²) in [6.07, 6.45) is 0. The summed E-state index contributed by atoms with van der Waals surface area (Å²) in [6, 6.07) is 8.90. The van der Waals surface area contributed by atoms with Crippen molar-refractivity contribution in [1.82, 2.24) is 20.2 Å². The first kappa shape index (κ1) is 11.6. The molecule has 0 amide bonds. The molecule has 0 bridgehead atoms. The predicted octanol–water partition coefficient (Wildman–Crippen LogP) is 0.566. The fourth-order valence-corrected chi connectivity index (χ4v) is 1.42. The van der Waals surface area contributed by atoms with Gasteiger partial charge in [0.1, 0.15) is 12.1 Å². The van der Waals surface area contributed by atoms with Gasteiger partial charge in [-0.2, -0.15) is 15.3 Å². The molecule has 2 rings (SSSR count). The van der Waals surface area contributed by atoms with Crippen LogP contribution in [0.4, 0.5) is 5.69 Å². The van der Waals surface area contributed by atoms with Crippen LogP contribution in [0.15, 0.2) is 18.2 Å². The van der Waals surface area contributed by atoms with Crippen LogP contribution in [-0.4, -0.2) is 20.2 Å². The van der Waals surface area contributed by atoms with Crippen molar-refractivity contribution in [3.8, 4) is 12.1 Å². The lowest BCUT2D eigenvalue weighted by Gasteiger charge is -2.04. The van der Waals surface area contributed by atoms with E-state index in [-0.39, 0.29) is 0 Å². The summed E-state index contributed by atoms with van der Waals surface area (Å²) >= 11 is 0. The van der Waals surface area contributed by atoms with Gasteiger partial charge in [0, 0.05) is 5.69 Å². The summed E-state index contributed by atoms with van der Waals surface area (Å²) in [5.41, 5.74) is 1.44. The van der Waals surface area contributed by atoms with Crippen molar-refractivity contribution in [3.05, 3.63) is 35.2 Å². The summed E-state index contributed by atoms with van der Waals surface area (Å²) in [6.45, 7) is 0.407. The first-order valence-corrected chi connectivity index (χ1v) is 5.14. The molecule has 18 heavy (non-hydrogen) atoms. The van der Waals surface area contributed by atoms with Crippen LogP contribution < -0.4 is 5.32 Å². The Morgan fingerprint density at radius 1 is 1.28 bits per heavy atom. The van der Waals surface area contributed by atoms with Crippen LogP contribution in [0.3, 0.4) is 0 Å². The summed E-state index contributed by atoms with van der Waals surface area (Å²) in [7, 11) is 1.69. The van der Waals surface area contributed by atoms with E-state index in [0.717, 1.165) is 5.69 Å². The maximum atomic E-state index is 8.90. The van der Waals surface area contributed by atoms with Crippen molar-refractivity contribution >= 4 is 5.69 Å². The van der Waals surface area contributed by atoms with Gasteiger partial charge in [0.15, 0.2) is 5.82 Å². The summed E-state index contributed by atoms with van der Waals surface area (Å²) in [5.74, 6) is 0.556. The highest BCUT2D eigenvalue weighted by atomic mass is 15.6. The van der Waals surface area contributed by atoms with E-state index < -0.39 is 0 Å². The molecule has 0 radical (unpaired) electrons. The molecule has 88 valence electrons. The third kappa shape index (κ3) is 2.42. The van der Waals surface area contributed by atoms with Crippen LogP contribution >= 0.6 is 0 Å². The van der Waals surface area contributed by atoms with Gasteiger partial charge in [-0.3, -0.25) is 0 Å². The molecule has 0 atom stereocenters. The average Bonchev–Trinajstić information content (AvgIpc) is 2.81. The van der Waals surface area contributed by atoms with E-state index in [1.54, 1.807) is 25.2 Å². The van der Waals surface area contributed by atoms with E-state index in [0.29, 0.717) is 23.5 Å². The molecule has 1 N–H and O–H groups in total. The van der Waals surface area contributed by atoms with Gasteiger partial charge in [-0.1, -0.05) is 0 Å². The topological polar surface area (TPSA) is 103 Å². The van der Waals surface area contributed by atoms with Crippen molar-refractivity contribution in [3.63, 3.8) is 0 Å². The molecule has 0 aliphatic rings. The Hall–Kier alpha value is -2.93. The number of aromatic nitrogens is 4. The van der Waals surface area contributed by atoms with Gasteiger partial charge in [-0.05, 0) is 23.4 Å². The molecular formula is C11H9N7. The lowest BCUT2D eigenvalue weighted by Crippen LogP contribution is -2.02. The van der Waals surface area contributed by atoms with E-state index in [1.807, 2.05) is 12.1 Å². The maximum Gasteiger partial charge on any atom is 0.193 e. The quantitative estimate of drug-likeness (QED) is 0.839. The second kappa shape index (κ2) is 4.93. The Kier molecular flexibility index (Phi) is 3.17. The Morgan fingerprint density at radius 2 is 2.06 bits per heavy atom. The fourth-order valence-electron chi connectivity index (χ4n) is 1.42. The molecule has 1 aromatic heterocycles. The van der Waals surface area contributed by atoms with Crippen LogP contribution in [0, 0.1) is 22.7 Å². The first-order valence-electron chi connectivity index (χ1n) is 5.14. The molecule has 2 aromatic rings. The van der Waals surface area contributed by atoms with Gasteiger partial charge >= 0.3 is 0 Å². The van der Waals surface area contributed by atoms with Crippen LogP contribution in [-0.2, 0) is 13.6 Å². The SMILES string of the molecule is Cn1nnc(CNc2ccc(C#N)c(C#N)c2)n1. The minimum absolute atomic E-state index is 0.342. The van der Waals surface area contributed by atoms with E-state index in [4.69, 9.17) is 10.5 Å². The van der Waals surface area contributed by atoms with Gasteiger partial charge in [-0.15, -0.1) is 10.2 Å². The van der Waals surface area contributed by atoms with Crippen LogP contribution in [0.1, 0.15) is 17.0 Å². The zero-order valence-electron chi connectivity index (χ0n) is 9.62. The molecular weight excluding hydrogens is 230 g/mol. The van der Waals surface area contributed by atoms with Crippen LogP contribution in [0.5, 0.6) is 0 Å². The molecule has 0 saturated heterocycles. The molecule has 0 aliphatic heterocycles. The normalized spacial score (nSPS) is 9.50. The molecule has 1 heterocycles. The molecule has 1 aromatic carbocycles. The van der Waals surface area contributed by atoms with Crippen molar-refractivity contribution in [2.75, 3.05) is 5.32 Å². The molecule has 0 spiro atoms. The fraction of sp³-hybridized carbons (Fsp3) is 0.182. The maximum absolute atomic E-state index is 8.90. The van der Waals surface area contributed by atoms with E-state index in [2.05, 4.69) is 20.7 Å². The van der Waals surface area contributed by atoms with Gasteiger partial charge in [-0.25, -0.2) is 0 Å². The predicted molar refractivity (Wildman–Crippen MR) is 62.0 cm³/mol. The smallest absolute Gasteiger partial charge is 0.193 e. The highest BCUT2D eigenvalue weighted by molar-refractivity contribution is 5.56. The largest absolute Gasteiger partial charge is 0.378 e. The van der Waals surface area contributed by atoms with Crippen molar-refractivity contribution in [2.24, 2.45) is 7.05 Å². The Labute approximate surface area is 103 Å². The summed E-state index contributed by atoms with van der Waals surface area (Å²) in [4.78, 5) is 1.37. The van der Waals surface area contributed by atoms with Crippen molar-refractivity contribution in [1.29, 1.82) is 10.5 Å². The third-order valence-corrected chi connectivity index (χ3v) is 2.26. The summed E-state index contributed by atoms with van der Waals surface area (Å²) < 4.78 is 0. The number of nitrogens with zero attached hydrogens (tertiary/aromatic N) is 6. The molecule has 7 heteroatoms. The summed E-state index contributed by atoms with van der Waals surface area (Å²) in [5, 5.41) is 32.3. The average molecular weight is 239 g/mol. The number of tetrazole rings is 1. The number of aryl methyl sites for hydroxylation is 1. The van der Waals surface area contributed by atoms with E-state index >= 15 is 0 Å². The van der Waals surface area contributed by atoms with Gasteiger partial charge in [0.25, 0.3) is 0 Å². The number of hydrogen-bond donors (Lipinski definition) is 1. The second-order valence-electron chi connectivity index (χ2n) is 3.53. The molecule has 0 fully saturated rings. The van der Waals surface area contributed by atoms with E-state index in [1.165, 1.54) is 4.80 Å². The highest BCUT2D eigenvalue weighted by Crippen LogP contribution is 2.14. The zero-order chi connectivity index (χ0) is 13.0. The van der Waals surface area contributed by atoms with Crippen molar-refractivity contribution < 1.29 is 0 Å². The Morgan fingerprint density at radius 3 is 2.67 bits per heavy atom. The Balaban J connectivity index is 2.11. The number of hydrogen-bond acceptors (Lipinski definition) is 6. The number of anilines is 1. The molecule has 0 saturated carbocycles. The lowest BCUT2D eigenvalue weighted by atomic mass is 10.1. The van der Waals surface area contributed by atoms with Gasteiger partial charge in [0.05, 0.1) is 24.7 Å². The number of benzene rings is 1. The molecule has 7 nitrogen and oxygen atoms in total. The molecule has 0 aliphatic carbocycles. The van der Waals surface area contributed by atoms with Gasteiger partial charge < -0.3 is 5.32 Å². The minimum Gasteiger partial charge on any atom is -0.378 e. The second-order valence-corrected chi connectivity index (χ2v) is 3.53. The zero-order valence-corrected chi connectivity index (χ0v) is 9.62. The number of nitrogens with one attached hydrogen (secondary N) is 1. The lowest BCUT2D eigenvalue weighted by molar-refractivity contribution is 0.628. The number of nitriles is 2. The standard InChI is InChI=1S/C11H9N7/c1-18-16-11(15-17-18)7-14-10-3-2-8(5-12)9(4-10)6-13/h2-4,14H,7H2,1H3. The van der Waals surface area contributed by atoms with Crippen LogP contribution in [0.2, 0.25) is 0 Å².